The standard InChI is InChI=1S/C9H12.4ClH/c1-2-6-9-7-4-3-5-8-9;;;;/h3-5,7-8H,2,6H2,1H3;4*1H. The van der Waals surface area contributed by atoms with E-state index in [0.717, 1.165) is 0 Å². The number of aryl methyl sites for hydroxylation is 1. The molecule has 0 aromatic heterocycles. The van der Waals surface area contributed by atoms with Gasteiger partial charge in [0.2, 0.25) is 0 Å². The summed E-state index contributed by atoms with van der Waals surface area (Å²) in [5.41, 5.74) is 1.44. The smallest absolute Gasteiger partial charge is 0.0281 e. The van der Waals surface area contributed by atoms with E-state index in [4.69, 9.17) is 0 Å². The zero-order valence-electron chi connectivity index (χ0n) is 7.43. The van der Waals surface area contributed by atoms with Crippen molar-refractivity contribution in [2.45, 2.75) is 19.8 Å². The minimum absolute atomic E-state index is 0. The molecule has 0 saturated carbocycles. The molecule has 0 fully saturated rings. The van der Waals surface area contributed by atoms with E-state index in [1.165, 1.54) is 18.4 Å². The van der Waals surface area contributed by atoms with Gasteiger partial charge in [0.1, 0.15) is 0 Å². The van der Waals surface area contributed by atoms with E-state index in [1.54, 1.807) is 0 Å². The summed E-state index contributed by atoms with van der Waals surface area (Å²) in [4.78, 5) is 0. The number of benzene rings is 1. The average Bonchev–Trinajstić information content (AvgIpc) is 1.91. The Hall–Kier alpha value is 0.380. The van der Waals surface area contributed by atoms with Gasteiger partial charge in [-0.05, 0) is 12.0 Å². The molecule has 0 spiro atoms. The summed E-state index contributed by atoms with van der Waals surface area (Å²) < 4.78 is 0. The zero-order valence-corrected chi connectivity index (χ0v) is 10.7. The molecule has 80 valence electrons. The first kappa shape index (κ1) is 23.3. The van der Waals surface area contributed by atoms with Gasteiger partial charge >= 0.3 is 0 Å². The predicted molar refractivity (Wildman–Crippen MR) is 69.4 cm³/mol. The van der Waals surface area contributed by atoms with Crippen LogP contribution in [-0.4, -0.2) is 0 Å². The second-order valence-corrected chi connectivity index (χ2v) is 2.24. The summed E-state index contributed by atoms with van der Waals surface area (Å²) in [6, 6.07) is 10.6. The molecule has 0 aliphatic rings. The third kappa shape index (κ3) is 10.3. The van der Waals surface area contributed by atoms with Gasteiger partial charge in [-0.1, -0.05) is 43.7 Å². The van der Waals surface area contributed by atoms with Gasteiger partial charge in [0.05, 0.1) is 0 Å². The van der Waals surface area contributed by atoms with Gasteiger partial charge in [0, 0.05) is 0 Å². The van der Waals surface area contributed by atoms with Crippen molar-refractivity contribution in [3.63, 3.8) is 0 Å². The molecule has 0 aliphatic carbocycles. The Morgan fingerprint density at radius 1 is 0.846 bits per heavy atom. The molecule has 0 amide bonds. The van der Waals surface area contributed by atoms with Crippen LogP contribution >= 0.6 is 49.6 Å². The lowest BCUT2D eigenvalue weighted by Crippen LogP contribution is -1.78. The third-order valence-corrected chi connectivity index (χ3v) is 1.38. The zero-order chi connectivity index (χ0) is 6.53. The van der Waals surface area contributed by atoms with E-state index >= 15 is 0 Å². The highest BCUT2D eigenvalue weighted by Crippen LogP contribution is 2.00. The fourth-order valence-electron chi connectivity index (χ4n) is 0.933. The molecule has 0 nitrogen and oxygen atoms in total. The average molecular weight is 266 g/mol. The van der Waals surface area contributed by atoms with Gasteiger partial charge in [-0.15, -0.1) is 49.6 Å². The Labute approximate surface area is 105 Å². The largest absolute Gasteiger partial charge is 0.147 e. The van der Waals surface area contributed by atoms with E-state index in [9.17, 15) is 0 Å². The Morgan fingerprint density at radius 2 is 1.31 bits per heavy atom. The normalized spacial score (nSPS) is 6.54. The van der Waals surface area contributed by atoms with Crippen molar-refractivity contribution in [3.05, 3.63) is 35.9 Å². The lowest BCUT2D eigenvalue weighted by atomic mass is 10.1. The molecular weight excluding hydrogens is 250 g/mol. The van der Waals surface area contributed by atoms with Crippen molar-refractivity contribution in [3.8, 4) is 0 Å². The molecule has 0 heterocycles. The minimum Gasteiger partial charge on any atom is -0.147 e. The Kier molecular flexibility index (Phi) is 26.7. The fraction of sp³-hybridized carbons (Fsp3) is 0.333. The van der Waals surface area contributed by atoms with Crippen molar-refractivity contribution in [2.24, 2.45) is 0 Å². The van der Waals surface area contributed by atoms with Crippen LogP contribution in [0.2, 0.25) is 0 Å². The monoisotopic (exact) mass is 264 g/mol. The molecule has 13 heavy (non-hydrogen) atoms. The highest BCUT2D eigenvalue weighted by Gasteiger charge is 1.84. The van der Waals surface area contributed by atoms with Gasteiger partial charge in [-0.3, -0.25) is 0 Å². The minimum atomic E-state index is 0. The predicted octanol–water partition coefficient (Wildman–Crippen LogP) is 4.33. The van der Waals surface area contributed by atoms with Crippen LogP contribution in [0.1, 0.15) is 18.9 Å². The molecule has 1 rings (SSSR count). The van der Waals surface area contributed by atoms with Crippen molar-refractivity contribution < 1.29 is 0 Å². The molecular formula is C9H16Cl4. The Bertz CT molecular complexity index is 165. The fourth-order valence-corrected chi connectivity index (χ4v) is 0.933. The van der Waals surface area contributed by atoms with Gasteiger partial charge in [0.25, 0.3) is 0 Å². The summed E-state index contributed by atoms with van der Waals surface area (Å²) in [5.74, 6) is 0. The molecule has 1 aromatic carbocycles. The van der Waals surface area contributed by atoms with Crippen LogP contribution in [0.3, 0.4) is 0 Å². The first-order valence-corrected chi connectivity index (χ1v) is 3.47. The van der Waals surface area contributed by atoms with E-state index in [1.807, 2.05) is 0 Å². The number of halogens is 4. The van der Waals surface area contributed by atoms with E-state index in [2.05, 4.69) is 37.3 Å². The second-order valence-electron chi connectivity index (χ2n) is 2.24. The van der Waals surface area contributed by atoms with Crippen LogP contribution in [0.15, 0.2) is 30.3 Å². The molecule has 0 aliphatic heterocycles. The molecule has 0 atom stereocenters. The highest BCUT2D eigenvalue weighted by atomic mass is 35.5. The van der Waals surface area contributed by atoms with E-state index in [0.29, 0.717) is 0 Å². The maximum atomic E-state index is 2.20. The Balaban J connectivity index is -0.000000101. The number of hydrogen-bond acceptors (Lipinski definition) is 0. The molecule has 0 radical (unpaired) electrons. The summed E-state index contributed by atoms with van der Waals surface area (Å²) in [7, 11) is 0. The van der Waals surface area contributed by atoms with Crippen LogP contribution < -0.4 is 0 Å². The molecule has 0 N–H and O–H groups in total. The molecule has 4 heteroatoms. The quantitative estimate of drug-likeness (QED) is 0.747. The maximum absolute atomic E-state index is 2.20. The van der Waals surface area contributed by atoms with Crippen molar-refractivity contribution >= 4 is 49.6 Å². The maximum Gasteiger partial charge on any atom is -0.0281 e. The Morgan fingerprint density at radius 3 is 1.69 bits per heavy atom. The van der Waals surface area contributed by atoms with Crippen LogP contribution in [0, 0.1) is 0 Å². The topological polar surface area (TPSA) is 0 Å². The first-order valence-electron chi connectivity index (χ1n) is 3.47. The lowest BCUT2D eigenvalue weighted by molar-refractivity contribution is 0.922. The molecule has 1 aromatic rings. The lowest BCUT2D eigenvalue weighted by Gasteiger charge is -1.93. The number of rotatable bonds is 2. The van der Waals surface area contributed by atoms with Crippen LogP contribution in [0.25, 0.3) is 0 Å². The van der Waals surface area contributed by atoms with Gasteiger partial charge in [0.15, 0.2) is 0 Å². The van der Waals surface area contributed by atoms with Gasteiger partial charge in [-0.2, -0.15) is 0 Å². The van der Waals surface area contributed by atoms with Crippen LogP contribution in [-0.2, 0) is 6.42 Å². The summed E-state index contributed by atoms with van der Waals surface area (Å²) in [6.45, 7) is 2.20. The van der Waals surface area contributed by atoms with E-state index in [-0.39, 0.29) is 49.6 Å². The first-order chi connectivity index (χ1) is 4.43. The van der Waals surface area contributed by atoms with Crippen molar-refractivity contribution in [1.82, 2.24) is 0 Å². The summed E-state index contributed by atoms with van der Waals surface area (Å²) in [5, 5.41) is 0. The van der Waals surface area contributed by atoms with Crippen molar-refractivity contribution in [1.29, 1.82) is 0 Å². The molecule has 0 unspecified atom stereocenters. The van der Waals surface area contributed by atoms with Crippen LogP contribution in [0.4, 0.5) is 0 Å². The molecule has 0 saturated heterocycles. The summed E-state index contributed by atoms with van der Waals surface area (Å²) in [6.07, 6.45) is 2.45. The van der Waals surface area contributed by atoms with Gasteiger partial charge in [-0.25, -0.2) is 0 Å². The van der Waals surface area contributed by atoms with E-state index < -0.39 is 0 Å². The van der Waals surface area contributed by atoms with Crippen molar-refractivity contribution in [2.75, 3.05) is 0 Å². The second kappa shape index (κ2) is 14.9. The van der Waals surface area contributed by atoms with Gasteiger partial charge < -0.3 is 0 Å². The summed E-state index contributed by atoms with van der Waals surface area (Å²) >= 11 is 0. The van der Waals surface area contributed by atoms with Crippen LogP contribution in [0.5, 0.6) is 0 Å². The number of hydrogen-bond donors (Lipinski definition) is 0. The highest BCUT2D eigenvalue weighted by molar-refractivity contribution is 5.86. The third-order valence-electron chi connectivity index (χ3n) is 1.38. The SMILES string of the molecule is CCCc1ccccc1.Cl.Cl.Cl.Cl. The molecule has 0 bridgehead atoms.